The fourth-order valence-corrected chi connectivity index (χ4v) is 5.75. The van der Waals surface area contributed by atoms with E-state index in [-0.39, 0.29) is 42.5 Å². The Morgan fingerprint density at radius 1 is 1.02 bits per heavy atom. The van der Waals surface area contributed by atoms with Crippen molar-refractivity contribution in [1.29, 1.82) is 0 Å². The molecule has 0 aliphatic carbocycles. The molecule has 222 valence electrons. The van der Waals surface area contributed by atoms with Gasteiger partial charge in [-0.25, -0.2) is 4.98 Å². The first kappa shape index (κ1) is 31.3. The average Bonchev–Trinajstić information content (AvgIpc) is 3.60. The number of carbonyl (C=O) groups excluding carboxylic acids is 4. The summed E-state index contributed by atoms with van der Waals surface area (Å²) in [4.78, 5) is 58.3. The highest BCUT2D eigenvalue weighted by Crippen LogP contribution is 2.29. The number of rotatable bonds is 16. The van der Waals surface area contributed by atoms with Crippen LogP contribution in [0.25, 0.3) is 0 Å². The van der Waals surface area contributed by atoms with Gasteiger partial charge < -0.3 is 14.8 Å². The van der Waals surface area contributed by atoms with Crippen LogP contribution in [0.1, 0.15) is 47.7 Å². The van der Waals surface area contributed by atoms with E-state index in [0.717, 1.165) is 21.0 Å². The van der Waals surface area contributed by atoms with E-state index in [1.807, 2.05) is 61.5 Å². The van der Waals surface area contributed by atoms with Crippen LogP contribution in [0, 0.1) is 18.8 Å². The Bertz CT molecular complexity index is 1400. The van der Waals surface area contributed by atoms with Crippen LogP contribution in [0.2, 0.25) is 0 Å². The van der Waals surface area contributed by atoms with Gasteiger partial charge in [-0.3, -0.25) is 19.2 Å². The number of hydrogen-bond donors (Lipinski definition) is 1. The van der Waals surface area contributed by atoms with Crippen LogP contribution < -0.4 is 10.1 Å². The Labute approximate surface area is 250 Å². The largest absolute Gasteiger partial charge is 0.497 e. The Hall–Kier alpha value is -3.69. The molecule has 0 bridgehead atoms. The Morgan fingerprint density at radius 2 is 1.69 bits per heavy atom. The van der Waals surface area contributed by atoms with Crippen LogP contribution in [0.4, 0.5) is 0 Å². The monoisotopic (exact) mass is 590 g/mol. The van der Waals surface area contributed by atoms with Crippen molar-refractivity contribution in [3.63, 3.8) is 0 Å². The summed E-state index contributed by atoms with van der Waals surface area (Å²) in [6.45, 7) is 5.65. The molecule has 0 radical (unpaired) electrons. The van der Waals surface area contributed by atoms with Crippen molar-refractivity contribution in [3.8, 4) is 5.75 Å². The average molecular weight is 591 g/mol. The molecule has 42 heavy (non-hydrogen) atoms. The molecule has 1 saturated heterocycles. The molecule has 1 aliphatic rings. The number of ether oxygens (including phenoxy) is 2. The van der Waals surface area contributed by atoms with Crippen molar-refractivity contribution in [2.75, 3.05) is 13.7 Å². The summed E-state index contributed by atoms with van der Waals surface area (Å²) in [5.74, 6) is -1.36. The molecule has 2 heterocycles. The summed E-state index contributed by atoms with van der Waals surface area (Å²) < 4.78 is 10.7. The fourth-order valence-electron chi connectivity index (χ4n) is 4.92. The number of benzene rings is 2. The summed E-state index contributed by atoms with van der Waals surface area (Å²) in [6.07, 6.45) is 2.59. The van der Waals surface area contributed by atoms with Gasteiger partial charge in [0.05, 0.1) is 24.8 Å². The minimum Gasteiger partial charge on any atom is -0.497 e. The van der Waals surface area contributed by atoms with Gasteiger partial charge in [-0.05, 0) is 49.9 Å². The lowest BCUT2D eigenvalue weighted by Gasteiger charge is -2.24. The zero-order chi connectivity index (χ0) is 30.3. The third-order valence-electron chi connectivity index (χ3n) is 7.60. The van der Waals surface area contributed by atoms with Crippen molar-refractivity contribution >= 4 is 34.6 Å². The van der Waals surface area contributed by atoms with E-state index in [1.54, 1.807) is 27.2 Å². The van der Waals surface area contributed by atoms with E-state index in [4.69, 9.17) is 9.47 Å². The highest BCUT2D eigenvalue weighted by atomic mass is 32.1. The number of amides is 1. The third kappa shape index (κ3) is 8.66. The molecule has 1 amide bonds. The summed E-state index contributed by atoms with van der Waals surface area (Å²) in [5.41, 5.74) is 0.849. The molecule has 1 aromatic heterocycles. The smallest absolute Gasteiger partial charge is 0.224 e. The second-order valence-corrected chi connectivity index (χ2v) is 12.5. The molecular weight excluding hydrogens is 552 g/mol. The Kier molecular flexibility index (Phi) is 10.4. The lowest BCUT2D eigenvalue weighted by molar-refractivity contribution is -0.134. The lowest BCUT2D eigenvalue weighted by atomic mass is 9.87. The molecule has 8 nitrogen and oxygen atoms in total. The van der Waals surface area contributed by atoms with Gasteiger partial charge in [0.25, 0.3) is 0 Å². The number of methoxy groups -OCH3 is 1. The molecule has 0 spiro atoms. The van der Waals surface area contributed by atoms with Crippen LogP contribution in [-0.2, 0) is 43.2 Å². The van der Waals surface area contributed by atoms with Gasteiger partial charge in [0.1, 0.15) is 22.9 Å². The van der Waals surface area contributed by atoms with Gasteiger partial charge in [0.15, 0.2) is 5.78 Å². The SMILES string of the molecule is COc1ccc(CC(CC(=O)[C@H](C)CC(=O)Cc2cnc(C)s2)C(=O)N[C@@H](Cc2ccccc2)C(=O)[C@@]2(C)CO2)cc1. The highest BCUT2D eigenvalue weighted by Gasteiger charge is 2.50. The molecule has 3 aromatic rings. The highest BCUT2D eigenvalue weighted by molar-refractivity contribution is 7.11. The quantitative estimate of drug-likeness (QED) is 0.244. The number of aryl methyl sites for hydroxylation is 1. The molecule has 4 atom stereocenters. The summed E-state index contributed by atoms with van der Waals surface area (Å²) >= 11 is 1.47. The molecule has 9 heteroatoms. The van der Waals surface area contributed by atoms with Crippen molar-refractivity contribution in [2.24, 2.45) is 11.8 Å². The number of thiazole rings is 1. The summed E-state index contributed by atoms with van der Waals surface area (Å²) in [6, 6.07) is 16.0. The number of carbonyl (C=O) groups is 4. The van der Waals surface area contributed by atoms with Gasteiger partial charge in [-0.1, -0.05) is 49.4 Å². The van der Waals surface area contributed by atoms with Gasteiger partial charge in [-0.2, -0.15) is 0 Å². The van der Waals surface area contributed by atoms with Gasteiger partial charge >= 0.3 is 0 Å². The van der Waals surface area contributed by atoms with E-state index >= 15 is 0 Å². The maximum Gasteiger partial charge on any atom is 0.224 e. The van der Waals surface area contributed by atoms with Crippen molar-refractivity contribution in [2.45, 2.75) is 64.5 Å². The number of nitrogens with zero attached hydrogens (tertiary/aromatic N) is 1. The number of aromatic nitrogens is 1. The van der Waals surface area contributed by atoms with Crippen LogP contribution in [0.15, 0.2) is 60.8 Å². The summed E-state index contributed by atoms with van der Waals surface area (Å²) in [7, 11) is 1.58. The molecular formula is C33H38N2O6S. The zero-order valence-electron chi connectivity index (χ0n) is 24.6. The van der Waals surface area contributed by atoms with E-state index in [9.17, 15) is 19.2 Å². The molecule has 0 saturated carbocycles. The van der Waals surface area contributed by atoms with Gasteiger partial charge in [-0.15, -0.1) is 11.3 Å². The molecule has 1 aliphatic heterocycles. The second kappa shape index (κ2) is 14.0. The second-order valence-electron chi connectivity index (χ2n) is 11.2. The maximum absolute atomic E-state index is 13.8. The third-order valence-corrected chi connectivity index (χ3v) is 8.51. The van der Waals surface area contributed by atoms with Crippen LogP contribution in [-0.4, -0.2) is 53.6 Å². The Morgan fingerprint density at radius 3 is 2.29 bits per heavy atom. The van der Waals surface area contributed by atoms with Crippen molar-refractivity contribution < 1.29 is 28.7 Å². The maximum atomic E-state index is 13.8. The molecule has 4 rings (SSSR count). The van der Waals surface area contributed by atoms with Crippen LogP contribution in [0.3, 0.4) is 0 Å². The molecule has 1 fully saturated rings. The van der Waals surface area contributed by atoms with E-state index in [2.05, 4.69) is 10.3 Å². The van der Waals surface area contributed by atoms with Gasteiger partial charge in [0.2, 0.25) is 5.91 Å². The normalized spacial score (nSPS) is 18.0. The predicted molar refractivity (Wildman–Crippen MR) is 161 cm³/mol. The number of Topliss-reactive ketones (excluding diaryl/α,β-unsaturated/α-hetero) is 3. The number of nitrogens with one attached hydrogen (secondary N) is 1. The lowest BCUT2D eigenvalue weighted by Crippen LogP contribution is -2.49. The number of ketones is 3. The van der Waals surface area contributed by atoms with Crippen molar-refractivity contribution in [1.82, 2.24) is 10.3 Å². The van der Waals surface area contributed by atoms with Crippen LogP contribution in [0.5, 0.6) is 5.75 Å². The summed E-state index contributed by atoms with van der Waals surface area (Å²) in [5, 5.41) is 3.85. The minimum atomic E-state index is -0.917. The van der Waals surface area contributed by atoms with Crippen molar-refractivity contribution in [3.05, 3.63) is 81.8 Å². The minimum absolute atomic E-state index is 0.0399. The zero-order valence-corrected chi connectivity index (χ0v) is 25.4. The topological polar surface area (TPSA) is 115 Å². The first-order chi connectivity index (χ1) is 20.1. The van der Waals surface area contributed by atoms with Gasteiger partial charge in [0, 0.05) is 42.2 Å². The molecule has 2 aromatic carbocycles. The number of epoxide rings is 1. The van der Waals surface area contributed by atoms with E-state index < -0.39 is 23.5 Å². The first-order valence-corrected chi connectivity index (χ1v) is 15.0. The van der Waals surface area contributed by atoms with Crippen LogP contribution >= 0.6 is 11.3 Å². The molecule has 1 N–H and O–H groups in total. The fraction of sp³-hybridized carbons (Fsp3) is 0.424. The van der Waals surface area contributed by atoms with E-state index in [0.29, 0.717) is 25.2 Å². The first-order valence-electron chi connectivity index (χ1n) is 14.2. The predicted octanol–water partition coefficient (Wildman–Crippen LogP) is 4.50. The van der Waals surface area contributed by atoms with E-state index in [1.165, 1.54) is 11.3 Å². The number of hydrogen-bond acceptors (Lipinski definition) is 8. The Balaban J connectivity index is 1.48. The standard InChI is InChI=1S/C33H38N2O6S/c1-21(14-26(36)18-28-19-34-22(2)42-28)30(37)17-25(15-24-10-12-27(40-4)13-11-24)32(39)35-29(31(38)33(3)20-41-33)16-23-8-6-5-7-9-23/h5-13,19,21,25,29H,14-18,20H2,1-4H3,(H,35,39)/t21-,25?,29+,33-/m1/s1. The molecule has 1 unspecified atom stereocenters.